The zero-order valence-electron chi connectivity index (χ0n) is 12.7. The van der Waals surface area contributed by atoms with E-state index in [4.69, 9.17) is 0 Å². The van der Waals surface area contributed by atoms with Crippen molar-refractivity contribution in [1.82, 2.24) is 4.90 Å². The normalized spacial score (nSPS) is 39.8. The van der Waals surface area contributed by atoms with E-state index in [2.05, 4.69) is 11.8 Å². The number of nitrogens with zero attached hydrogens (tertiary/aromatic N) is 1. The zero-order chi connectivity index (χ0) is 13.3. The molecule has 0 aromatic heterocycles. The number of hydrogen-bond donors (Lipinski definition) is 1. The van der Waals surface area contributed by atoms with Crippen LogP contribution in [0.15, 0.2) is 0 Å². The van der Waals surface area contributed by atoms with Crippen molar-refractivity contribution in [2.45, 2.75) is 76.7 Å². The molecule has 3 fully saturated rings. The molecule has 3 rings (SSSR count). The highest BCUT2D eigenvalue weighted by Crippen LogP contribution is 2.48. The van der Waals surface area contributed by atoms with Crippen molar-refractivity contribution in [3.8, 4) is 0 Å². The van der Waals surface area contributed by atoms with Crippen LogP contribution in [0.2, 0.25) is 0 Å². The lowest BCUT2D eigenvalue weighted by molar-refractivity contribution is -0.121. The minimum absolute atomic E-state index is 0.157. The first kappa shape index (κ1) is 13.9. The maximum Gasteiger partial charge on any atom is 0.0615 e. The van der Waals surface area contributed by atoms with Gasteiger partial charge in [-0.2, -0.15) is 0 Å². The van der Waals surface area contributed by atoms with Gasteiger partial charge in [0.1, 0.15) is 0 Å². The molecule has 1 saturated heterocycles. The third-order valence-corrected chi connectivity index (χ3v) is 6.39. The van der Waals surface area contributed by atoms with Crippen LogP contribution in [0.5, 0.6) is 0 Å². The smallest absolute Gasteiger partial charge is 0.0615 e. The Hall–Kier alpha value is -0.0800. The summed E-state index contributed by atoms with van der Waals surface area (Å²) in [5, 5.41) is 9.96. The Labute approximate surface area is 118 Å². The van der Waals surface area contributed by atoms with E-state index < -0.39 is 0 Å². The highest BCUT2D eigenvalue weighted by Gasteiger charge is 2.51. The maximum atomic E-state index is 9.96. The largest absolute Gasteiger partial charge is 0.394 e. The number of rotatable bonds is 2. The van der Waals surface area contributed by atoms with Crippen molar-refractivity contribution in [1.29, 1.82) is 0 Å². The van der Waals surface area contributed by atoms with Gasteiger partial charge in [-0.25, -0.2) is 0 Å². The van der Waals surface area contributed by atoms with Crippen LogP contribution in [-0.2, 0) is 0 Å². The quantitative estimate of drug-likeness (QED) is 0.825. The lowest BCUT2D eigenvalue weighted by atomic mass is 9.67. The van der Waals surface area contributed by atoms with Crippen molar-refractivity contribution >= 4 is 0 Å². The second kappa shape index (κ2) is 5.37. The summed E-state index contributed by atoms with van der Waals surface area (Å²) < 4.78 is 0. The van der Waals surface area contributed by atoms with E-state index in [1.165, 1.54) is 77.3 Å². The summed E-state index contributed by atoms with van der Waals surface area (Å²) >= 11 is 0. The molecular formula is C17H31NO. The van der Waals surface area contributed by atoms with Gasteiger partial charge in [0.2, 0.25) is 0 Å². The molecule has 0 radical (unpaired) electrons. The van der Waals surface area contributed by atoms with Gasteiger partial charge in [0.15, 0.2) is 0 Å². The fourth-order valence-electron chi connectivity index (χ4n) is 4.77. The molecule has 2 aliphatic carbocycles. The van der Waals surface area contributed by atoms with Gasteiger partial charge in [-0.15, -0.1) is 0 Å². The standard InChI is InChI=1S/C17H31NO/c1-15-6-10-17(14-19,11-7-15)18-12-16(13-18)8-4-2-3-5-9-16/h15,19H,2-14H2,1H3. The molecule has 0 atom stereocenters. The molecule has 1 spiro atoms. The van der Waals surface area contributed by atoms with Gasteiger partial charge in [0, 0.05) is 18.6 Å². The Balaban J connectivity index is 1.61. The molecule has 0 aromatic rings. The van der Waals surface area contributed by atoms with Crippen molar-refractivity contribution in [2.75, 3.05) is 19.7 Å². The molecule has 2 saturated carbocycles. The number of likely N-dealkylation sites (tertiary alicyclic amines) is 1. The summed E-state index contributed by atoms with van der Waals surface area (Å²) in [6.07, 6.45) is 13.7. The lowest BCUT2D eigenvalue weighted by Crippen LogP contribution is -2.67. The third kappa shape index (κ3) is 2.58. The second-order valence-corrected chi connectivity index (χ2v) is 7.84. The third-order valence-electron chi connectivity index (χ3n) is 6.39. The van der Waals surface area contributed by atoms with Gasteiger partial charge in [-0.1, -0.05) is 32.6 Å². The van der Waals surface area contributed by atoms with Crippen molar-refractivity contribution in [3.63, 3.8) is 0 Å². The van der Waals surface area contributed by atoms with Gasteiger partial charge in [0.05, 0.1) is 6.61 Å². The maximum absolute atomic E-state index is 9.96. The van der Waals surface area contributed by atoms with Crippen LogP contribution in [0, 0.1) is 11.3 Å². The Morgan fingerprint density at radius 3 is 2.05 bits per heavy atom. The molecule has 3 aliphatic rings. The molecule has 1 heterocycles. The predicted octanol–water partition coefficient (Wildman–Crippen LogP) is 3.58. The van der Waals surface area contributed by atoms with Gasteiger partial charge < -0.3 is 5.11 Å². The summed E-state index contributed by atoms with van der Waals surface area (Å²) in [7, 11) is 0. The van der Waals surface area contributed by atoms with E-state index in [1.54, 1.807) is 0 Å². The molecule has 0 amide bonds. The highest BCUT2D eigenvalue weighted by molar-refractivity contribution is 5.05. The average molecular weight is 265 g/mol. The molecule has 0 aromatic carbocycles. The van der Waals surface area contributed by atoms with Gasteiger partial charge in [0.25, 0.3) is 0 Å². The predicted molar refractivity (Wildman–Crippen MR) is 79.2 cm³/mol. The van der Waals surface area contributed by atoms with Crippen LogP contribution < -0.4 is 0 Å². The Morgan fingerprint density at radius 2 is 1.53 bits per heavy atom. The summed E-state index contributed by atoms with van der Waals surface area (Å²) in [5.74, 6) is 0.868. The summed E-state index contributed by atoms with van der Waals surface area (Å²) in [5.41, 5.74) is 0.797. The van der Waals surface area contributed by atoms with Crippen LogP contribution in [0.3, 0.4) is 0 Å². The molecule has 1 N–H and O–H groups in total. The Morgan fingerprint density at radius 1 is 0.947 bits per heavy atom. The van der Waals surface area contributed by atoms with E-state index in [0.29, 0.717) is 12.0 Å². The Bertz CT molecular complexity index is 290. The minimum Gasteiger partial charge on any atom is -0.394 e. The first-order chi connectivity index (χ1) is 9.18. The highest BCUT2D eigenvalue weighted by atomic mass is 16.3. The van der Waals surface area contributed by atoms with Crippen molar-refractivity contribution in [2.24, 2.45) is 11.3 Å². The fraction of sp³-hybridized carbons (Fsp3) is 1.00. The summed E-state index contributed by atoms with van der Waals surface area (Å²) in [6, 6.07) is 0. The van der Waals surface area contributed by atoms with E-state index in [-0.39, 0.29) is 5.54 Å². The van der Waals surface area contributed by atoms with Crippen LogP contribution in [0.25, 0.3) is 0 Å². The van der Waals surface area contributed by atoms with Crippen LogP contribution in [-0.4, -0.2) is 35.2 Å². The molecule has 1 aliphatic heterocycles. The Kier molecular flexibility index (Phi) is 3.92. The zero-order valence-corrected chi connectivity index (χ0v) is 12.7. The summed E-state index contributed by atoms with van der Waals surface area (Å²) in [4.78, 5) is 2.66. The topological polar surface area (TPSA) is 23.5 Å². The molecule has 2 nitrogen and oxygen atoms in total. The van der Waals surface area contributed by atoms with Crippen LogP contribution >= 0.6 is 0 Å². The number of aliphatic hydroxyl groups is 1. The summed E-state index contributed by atoms with van der Waals surface area (Å²) in [6.45, 7) is 5.31. The van der Waals surface area contributed by atoms with Gasteiger partial charge >= 0.3 is 0 Å². The van der Waals surface area contributed by atoms with Crippen molar-refractivity contribution in [3.05, 3.63) is 0 Å². The first-order valence-corrected chi connectivity index (χ1v) is 8.54. The number of aliphatic hydroxyl groups excluding tert-OH is 1. The fourth-order valence-corrected chi connectivity index (χ4v) is 4.77. The molecule has 19 heavy (non-hydrogen) atoms. The first-order valence-electron chi connectivity index (χ1n) is 8.54. The van der Waals surface area contributed by atoms with Crippen LogP contribution in [0.4, 0.5) is 0 Å². The SMILES string of the molecule is CC1CCC(CO)(N2CC3(CCCCCC3)C2)CC1. The van der Waals surface area contributed by atoms with Gasteiger partial charge in [-0.05, 0) is 49.9 Å². The molecule has 0 unspecified atom stereocenters. The van der Waals surface area contributed by atoms with E-state index in [1.807, 2.05) is 0 Å². The second-order valence-electron chi connectivity index (χ2n) is 7.84. The van der Waals surface area contributed by atoms with Gasteiger partial charge in [-0.3, -0.25) is 4.90 Å². The molecule has 110 valence electrons. The molecule has 0 bridgehead atoms. The minimum atomic E-state index is 0.157. The average Bonchev–Trinajstić information content (AvgIpc) is 2.64. The van der Waals surface area contributed by atoms with Crippen molar-refractivity contribution < 1.29 is 5.11 Å². The number of hydrogen-bond acceptors (Lipinski definition) is 2. The monoisotopic (exact) mass is 265 g/mol. The molecule has 2 heteroatoms. The van der Waals surface area contributed by atoms with Crippen LogP contribution in [0.1, 0.15) is 71.1 Å². The van der Waals surface area contributed by atoms with E-state index >= 15 is 0 Å². The van der Waals surface area contributed by atoms with E-state index in [9.17, 15) is 5.11 Å². The van der Waals surface area contributed by atoms with E-state index in [0.717, 1.165) is 5.92 Å². The molecular weight excluding hydrogens is 234 g/mol. The lowest BCUT2D eigenvalue weighted by Gasteiger charge is -2.60.